The predicted molar refractivity (Wildman–Crippen MR) is 101 cm³/mol. The number of sulfonamides is 1. The number of amides is 1. The number of carbonyl (C=O) groups is 1. The molecular weight excluding hydrogens is 369 g/mol. The molecule has 0 spiro atoms. The Balaban J connectivity index is 1.55. The second-order valence-electron chi connectivity index (χ2n) is 7.28. The summed E-state index contributed by atoms with van der Waals surface area (Å²) < 4.78 is 39.8. The maximum absolute atomic E-state index is 13.0. The van der Waals surface area contributed by atoms with E-state index in [2.05, 4.69) is 6.92 Å². The van der Waals surface area contributed by atoms with Crippen LogP contribution in [-0.4, -0.2) is 73.7 Å². The molecule has 0 unspecified atom stereocenters. The lowest BCUT2D eigenvalue weighted by molar-refractivity contribution is -0.136. The first-order chi connectivity index (χ1) is 12.9. The summed E-state index contributed by atoms with van der Waals surface area (Å²) in [5, 5.41) is 0. The summed E-state index contributed by atoms with van der Waals surface area (Å²) in [4.78, 5) is 16.8. The zero-order valence-corrected chi connectivity index (χ0v) is 16.6. The molecule has 2 heterocycles. The predicted octanol–water partition coefficient (Wildman–Crippen LogP) is 1.92. The van der Waals surface area contributed by atoms with E-state index in [4.69, 9.17) is 0 Å². The molecule has 0 saturated carbocycles. The Labute approximate surface area is 161 Å². The number of carbonyl (C=O) groups excluding carboxylic acids is 1. The van der Waals surface area contributed by atoms with Crippen LogP contribution in [0.3, 0.4) is 0 Å². The summed E-state index contributed by atoms with van der Waals surface area (Å²) in [7, 11) is -3.62. The van der Waals surface area contributed by atoms with Gasteiger partial charge in [0.1, 0.15) is 5.82 Å². The molecule has 1 aromatic rings. The minimum absolute atomic E-state index is 0.104. The summed E-state index contributed by atoms with van der Waals surface area (Å²) >= 11 is 0. The van der Waals surface area contributed by atoms with Crippen LogP contribution in [0.25, 0.3) is 0 Å². The highest BCUT2D eigenvalue weighted by Crippen LogP contribution is 2.21. The summed E-state index contributed by atoms with van der Waals surface area (Å²) in [6.07, 6.45) is 4.30. The second kappa shape index (κ2) is 8.67. The summed E-state index contributed by atoms with van der Waals surface area (Å²) in [5.41, 5.74) is 0. The average molecular weight is 398 g/mol. The normalized spacial score (nSPS) is 22.7. The molecule has 0 aliphatic carbocycles. The number of nitrogens with zero attached hydrogens (tertiary/aromatic N) is 3. The monoisotopic (exact) mass is 397 g/mol. The van der Waals surface area contributed by atoms with Gasteiger partial charge in [0.05, 0.1) is 11.4 Å². The van der Waals surface area contributed by atoms with Gasteiger partial charge in [-0.25, -0.2) is 12.8 Å². The number of hydrogen-bond donors (Lipinski definition) is 0. The van der Waals surface area contributed by atoms with Crippen molar-refractivity contribution in [1.29, 1.82) is 0 Å². The highest BCUT2D eigenvalue weighted by Gasteiger charge is 2.31. The molecule has 2 fully saturated rings. The van der Waals surface area contributed by atoms with Crippen LogP contribution >= 0.6 is 0 Å². The quantitative estimate of drug-likeness (QED) is 0.762. The molecule has 2 saturated heterocycles. The molecule has 8 heteroatoms. The molecule has 2 aliphatic heterocycles. The molecule has 0 N–H and O–H groups in total. The third-order valence-corrected chi connectivity index (χ3v) is 7.47. The van der Waals surface area contributed by atoms with Gasteiger partial charge in [-0.1, -0.05) is 6.92 Å². The standard InChI is InChI=1S/C19H28FN3O3S/c1-2-17-5-3-4-10-23(17)19(24)15-21-11-13-22(14-12-21)27(25,26)18-8-6-16(20)7-9-18/h6-9,17H,2-5,10-15H2,1H3/t17-/m0/s1. The van der Waals surface area contributed by atoms with E-state index in [1.807, 2.05) is 9.80 Å². The fourth-order valence-electron chi connectivity index (χ4n) is 3.92. The van der Waals surface area contributed by atoms with E-state index in [1.165, 1.54) is 22.9 Å². The summed E-state index contributed by atoms with van der Waals surface area (Å²) in [6, 6.07) is 5.24. The van der Waals surface area contributed by atoms with Crippen molar-refractivity contribution in [3.05, 3.63) is 30.1 Å². The van der Waals surface area contributed by atoms with Gasteiger partial charge in [-0.05, 0) is 49.9 Å². The van der Waals surface area contributed by atoms with E-state index in [-0.39, 0.29) is 10.8 Å². The molecular formula is C19H28FN3O3S. The van der Waals surface area contributed by atoms with Crippen molar-refractivity contribution >= 4 is 15.9 Å². The molecule has 6 nitrogen and oxygen atoms in total. The van der Waals surface area contributed by atoms with Crippen LogP contribution in [-0.2, 0) is 14.8 Å². The number of likely N-dealkylation sites (tertiary alicyclic amines) is 1. The van der Waals surface area contributed by atoms with Crippen LogP contribution in [0.4, 0.5) is 4.39 Å². The molecule has 27 heavy (non-hydrogen) atoms. The smallest absolute Gasteiger partial charge is 0.243 e. The Hall–Kier alpha value is -1.51. The minimum atomic E-state index is -3.62. The van der Waals surface area contributed by atoms with Crippen molar-refractivity contribution in [2.24, 2.45) is 0 Å². The van der Waals surface area contributed by atoms with Gasteiger partial charge in [0, 0.05) is 38.8 Å². The summed E-state index contributed by atoms with van der Waals surface area (Å²) in [5.74, 6) is -0.309. The number of rotatable bonds is 5. The van der Waals surface area contributed by atoms with E-state index >= 15 is 0 Å². The number of piperidine rings is 1. The molecule has 150 valence electrons. The van der Waals surface area contributed by atoms with Gasteiger partial charge in [-0.15, -0.1) is 0 Å². The van der Waals surface area contributed by atoms with Gasteiger partial charge in [0.25, 0.3) is 0 Å². The van der Waals surface area contributed by atoms with Gasteiger partial charge in [-0.2, -0.15) is 4.31 Å². The lowest BCUT2D eigenvalue weighted by Crippen LogP contribution is -2.53. The van der Waals surface area contributed by atoms with Crippen molar-refractivity contribution in [2.45, 2.75) is 43.5 Å². The highest BCUT2D eigenvalue weighted by molar-refractivity contribution is 7.89. The Bertz CT molecular complexity index is 746. The number of piperazine rings is 1. The summed E-state index contributed by atoms with van der Waals surface area (Å²) in [6.45, 7) is 5.02. The number of halogens is 1. The average Bonchev–Trinajstić information content (AvgIpc) is 2.68. The first-order valence-electron chi connectivity index (χ1n) is 9.69. The topological polar surface area (TPSA) is 60.9 Å². The SMILES string of the molecule is CC[C@H]1CCCCN1C(=O)CN1CCN(S(=O)(=O)c2ccc(F)cc2)CC1. The van der Waals surface area contributed by atoms with Crippen LogP contribution in [0.5, 0.6) is 0 Å². The van der Waals surface area contributed by atoms with Crippen LogP contribution in [0.15, 0.2) is 29.2 Å². The third kappa shape index (κ3) is 4.67. The minimum Gasteiger partial charge on any atom is -0.339 e. The largest absolute Gasteiger partial charge is 0.339 e. The third-order valence-electron chi connectivity index (χ3n) is 5.56. The van der Waals surface area contributed by atoms with Crippen molar-refractivity contribution in [3.8, 4) is 0 Å². The van der Waals surface area contributed by atoms with E-state index < -0.39 is 15.8 Å². The fraction of sp³-hybridized carbons (Fsp3) is 0.632. The number of benzene rings is 1. The zero-order valence-electron chi connectivity index (χ0n) is 15.8. The molecule has 1 atom stereocenters. The van der Waals surface area contributed by atoms with Crippen molar-refractivity contribution in [2.75, 3.05) is 39.3 Å². The Morgan fingerprint density at radius 3 is 2.37 bits per heavy atom. The van der Waals surface area contributed by atoms with E-state index in [0.717, 1.165) is 37.9 Å². The van der Waals surface area contributed by atoms with Crippen LogP contribution < -0.4 is 0 Å². The van der Waals surface area contributed by atoms with Crippen molar-refractivity contribution < 1.29 is 17.6 Å². The molecule has 0 bridgehead atoms. The molecule has 2 aliphatic rings. The first-order valence-corrected chi connectivity index (χ1v) is 11.1. The Morgan fingerprint density at radius 1 is 1.07 bits per heavy atom. The van der Waals surface area contributed by atoms with Gasteiger partial charge >= 0.3 is 0 Å². The lowest BCUT2D eigenvalue weighted by Gasteiger charge is -2.38. The van der Waals surface area contributed by atoms with Crippen LogP contribution in [0.2, 0.25) is 0 Å². The van der Waals surface area contributed by atoms with E-state index in [9.17, 15) is 17.6 Å². The fourth-order valence-corrected chi connectivity index (χ4v) is 5.34. The van der Waals surface area contributed by atoms with E-state index in [0.29, 0.717) is 38.8 Å². The second-order valence-corrected chi connectivity index (χ2v) is 9.22. The molecule has 1 aromatic carbocycles. The Kier molecular flexibility index (Phi) is 6.49. The van der Waals surface area contributed by atoms with Crippen molar-refractivity contribution in [1.82, 2.24) is 14.1 Å². The van der Waals surface area contributed by atoms with E-state index in [1.54, 1.807) is 0 Å². The first kappa shape index (κ1) is 20.2. The van der Waals surface area contributed by atoms with Crippen molar-refractivity contribution in [3.63, 3.8) is 0 Å². The lowest BCUT2D eigenvalue weighted by atomic mass is 10.00. The molecule has 0 radical (unpaired) electrons. The molecule has 3 rings (SSSR count). The maximum atomic E-state index is 13.0. The zero-order chi connectivity index (χ0) is 19.4. The molecule has 0 aromatic heterocycles. The maximum Gasteiger partial charge on any atom is 0.243 e. The Morgan fingerprint density at radius 2 is 1.74 bits per heavy atom. The van der Waals surface area contributed by atoms with Gasteiger partial charge in [0.15, 0.2) is 0 Å². The highest BCUT2D eigenvalue weighted by atomic mass is 32.2. The van der Waals surface area contributed by atoms with Crippen LogP contribution in [0, 0.1) is 5.82 Å². The number of hydrogen-bond acceptors (Lipinski definition) is 4. The molecule has 1 amide bonds. The van der Waals surface area contributed by atoms with Gasteiger partial charge < -0.3 is 4.90 Å². The van der Waals surface area contributed by atoms with Gasteiger partial charge in [-0.3, -0.25) is 9.69 Å². The van der Waals surface area contributed by atoms with Gasteiger partial charge in [0.2, 0.25) is 15.9 Å². The van der Waals surface area contributed by atoms with Crippen LogP contribution in [0.1, 0.15) is 32.6 Å².